The van der Waals surface area contributed by atoms with E-state index >= 15 is 0 Å². The fourth-order valence-electron chi connectivity index (χ4n) is 5.18. The van der Waals surface area contributed by atoms with E-state index in [4.69, 9.17) is 0 Å². The first-order chi connectivity index (χ1) is 17.0. The number of aryl methyl sites for hydroxylation is 1. The van der Waals surface area contributed by atoms with E-state index in [0.29, 0.717) is 16.9 Å². The van der Waals surface area contributed by atoms with Crippen LogP contribution in [0.2, 0.25) is 0 Å². The summed E-state index contributed by atoms with van der Waals surface area (Å²) in [5.41, 5.74) is 7.37. The van der Waals surface area contributed by atoms with E-state index in [2.05, 4.69) is 60.0 Å². The molecule has 1 unspecified atom stereocenters. The Morgan fingerprint density at radius 3 is 2.14 bits per heavy atom. The third-order valence-electron chi connectivity index (χ3n) is 7.01. The van der Waals surface area contributed by atoms with Gasteiger partial charge in [-0.25, -0.2) is 0 Å². The summed E-state index contributed by atoms with van der Waals surface area (Å²) in [5, 5.41) is 6.62. The zero-order chi connectivity index (χ0) is 24.0. The Balaban J connectivity index is 1.37. The minimum atomic E-state index is -0.420. The van der Waals surface area contributed by atoms with Crippen LogP contribution in [0, 0.1) is 6.92 Å². The van der Waals surface area contributed by atoms with Crippen molar-refractivity contribution in [3.8, 4) is 0 Å². The monoisotopic (exact) mass is 459 g/mol. The fourth-order valence-corrected chi connectivity index (χ4v) is 5.18. The Labute approximate surface area is 204 Å². The summed E-state index contributed by atoms with van der Waals surface area (Å²) in [5.74, 6) is -0.384. The van der Waals surface area contributed by atoms with Crippen LogP contribution in [0.4, 0.5) is 17.1 Å². The Hall–Kier alpha value is -4.38. The molecule has 2 amide bonds. The molecule has 4 aromatic carbocycles. The Kier molecular flexibility index (Phi) is 4.92. The highest BCUT2D eigenvalue weighted by Gasteiger charge is 2.40. The van der Waals surface area contributed by atoms with Crippen molar-refractivity contribution in [1.29, 1.82) is 0 Å². The van der Waals surface area contributed by atoms with Gasteiger partial charge in [-0.2, -0.15) is 0 Å². The normalized spacial score (nSPS) is 18.3. The lowest BCUT2D eigenvalue weighted by atomic mass is 9.80. The van der Waals surface area contributed by atoms with Crippen LogP contribution < -0.4 is 15.5 Å². The van der Waals surface area contributed by atoms with Gasteiger partial charge in [-0.15, -0.1) is 0 Å². The quantitative estimate of drug-likeness (QED) is 0.425. The zero-order valence-electron chi connectivity index (χ0n) is 19.4. The number of amides is 2. The highest BCUT2D eigenvalue weighted by atomic mass is 16.2. The van der Waals surface area contributed by atoms with Crippen molar-refractivity contribution in [2.24, 2.45) is 0 Å². The van der Waals surface area contributed by atoms with Crippen LogP contribution in [-0.2, 0) is 16.8 Å². The van der Waals surface area contributed by atoms with Crippen molar-refractivity contribution >= 4 is 28.9 Å². The molecule has 5 heteroatoms. The molecule has 0 saturated heterocycles. The highest BCUT2D eigenvalue weighted by molar-refractivity contribution is 6.15. The predicted octanol–water partition coefficient (Wildman–Crippen LogP) is 5.51. The van der Waals surface area contributed by atoms with Crippen molar-refractivity contribution < 1.29 is 9.59 Å². The second-order valence-corrected chi connectivity index (χ2v) is 9.26. The van der Waals surface area contributed by atoms with Crippen molar-refractivity contribution in [3.05, 3.63) is 125 Å². The number of para-hydroxylation sites is 3. The molecule has 0 aromatic heterocycles. The number of benzene rings is 4. The van der Waals surface area contributed by atoms with Crippen LogP contribution >= 0.6 is 0 Å². The standard InChI is InChI=1S/C30H25N3O2/c1-20-10-14-23(15-11-20)30(18-22-6-2-3-7-25(22)32-30)24-16-12-21(13-17-24)29(35)33-19-28(34)31-26-8-4-5-9-27(26)33/h2-17,32H,18-19H2,1H3,(H,31,34). The molecule has 0 saturated carbocycles. The molecule has 2 N–H and O–H groups in total. The van der Waals surface area contributed by atoms with Gasteiger partial charge < -0.3 is 10.6 Å². The van der Waals surface area contributed by atoms with Crippen molar-refractivity contribution in [1.82, 2.24) is 0 Å². The van der Waals surface area contributed by atoms with Crippen LogP contribution in [0.15, 0.2) is 97.1 Å². The van der Waals surface area contributed by atoms with Gasteiger partial charge in [-0.1, -0.05) is 72.3 Å². The molecule has 0 bridgehead atoms. The van der Waals surface area contributed by atoms with Gasteiger partial charge in [0.05, 0.1) is 16.9 Å². The highest BCUT2D eigenvalue weighted by Crippen LogP contribution is 2.44. The van der Waals surface area contributed by atoms with E-state index in [1.807, 2.05) is 54.6 Å². The van der Waals surface area contributed by atoms with Crippen molar-refractivity contribution in [2.75, 3.05) is 22.1 Å². The maximum Gasteiger partial charge on any atom is 0.258 e. The van der Waals surface area contributed by atoms with Gasteiger partial charge in [0.2, 0.25) is 5.91 Å². The molecule has 0 fully saturated rings. The molecule has 2 heterocycles. The van der Waals surface area contributed by atoms with Gasteiger partial charge in [0.25, 0.3) is 5.91 Å². The summed E-state index contributed by atoms with van der Waals surface area (Å²) in [6, 6.07) is 32.2. The van der Waals surface area contributed by atoms with E-state index in [9.17, 15) is 9.59 Å². The lowest BCUT2D eigenvalue weighted by Crippen LogP contribution is -2.42. The summed E-state index contributed by atoms with van der Waals surface area (Å²) in [6.07, 6.45) is 0.819. The summed E-state index contributed by atoms with van der Waals surface area (Å²) >= 11 is 0. The third-order valence-corrected chi connectivity index (χ3v) is 7.01. The van der Waals surface area contributed by atoms with E-state index in [1.54, 1.807) is 4.90 Å². The van der Waals surface area contributed by atoms with E-state index in [1.165, 1.54) is 16.7 Å². The second-order valence-electron chi connectivity index (χ2n) is 9.26. The van der Waals surface area contributed by atoms with Gasteiger partial charge in [-0.05, 0) is 53.9 Å². The summed E-state index contributed by atoms with van der Waals surface area (Å²) in [7, 11) is 0. The minimum Gasteiger partial charge on any atom is -0.371 e. The van der Waals surface area contributed by atoms with Gasteiger partial charge in [0, 0.05) is 17.7 Å². The Morgan fingerprint density at radius 1 is 0.800 bits per heavy atom. The minimum absolute atomic E-state index is 0.00175. The first-order valence-electron chi connectivity index (χ1n) is 11.8. The van der Waals surface area contributed by atoms with E-state index in [0.717, 1.165) is 17.7 Å². The van der Waals surface area contributed by atoms with Crippen LogP contribution in [0.3, 0.4) is 0 Å². The number of hydrogen-bond acceptors (Lipinski definition) is 3. The molecule has 0 spiro atoms. The smallest absolute Gasteiger partial charge is 0.258 e. The molecular formula is C30H25N3O2. The number of nitrogens with zero attached hydrogens (tertiary/aromatic N) is 1. The van der Waals surface area contributed by atoms with E-state index < -0.39 is 5.54 Å². The van der Waals surface area contributed by atoms with Crippen molar-refractivity contribution in [3.63, 3.8) is 0 Å². The summed E-state index contributed by atoms with van der Waals surface area (Å²) in [6.45, 7) is 2.09. The molecule has 172 valence electrons. The number of rotatable bonds is 3. The average molecular weight is 460 g/mol. The Bertz CT molecular complexity index is 1420. The largest absolute Gasteiger partial charge is 0.371 e. The van der Waals surface area contributed by atoms with E-state index in [-0.39, 0.29) is 18.4 Å². The number of anilines is 3. The lowest BCUT2D eigenvalue weighted by molar-refractivity contribution is -0.115. The topological polar surface area (TPSA) is 61.4 Å². The maximum absolute atomic E-state index is 13.4. The fraction of sp³-hybridized carbons (Fsp3) is 0.133. The third kappa shape index (κ3) is 3.56. The van der Waals surface area contributed by atoms with Gasteiger partial charge >= 0.3 is 0 Å². The molecule has 35 heavy (non-hydrogen) atoms. The number of hydrogen-bond donors (Lipinski definition) is 2. The molecule has 4 aromatic rings. The number of fused-ring (bicyclic) bond motifs is 2. The number of carbonyl (C=O) groups excluding carboxylic acids is 2. The van der Waals surface area contributed by atoms with Crippen LogP contribution in [0.25, 0.3) is 0 Å². The molecular weight excluding hydrogens is 434 g/mol. The number of nitrogens with one attached hydrogen (secondary N) is 2. The molecule has 6 rings (SSSR count). The first kappa shape index (κ1) is 21.2. The maximum atomic E-state index is 13.4. The Morgan fingerprint density at radius 2 is 1.43 bits per heavy atom. The van der Waals surface area contributed by atoms with Gasteiger partial charge in [0.15, 0.2) is 0 Å². The molecule has 0 radical (unpaired) electrons. The predicted molar refractivity (Wildman–Crippen MR) is 139 cm³/mol. The molecule has 2 aliphatic rings. The van der Waals surface area contributed by atoms with Crippen molar-refractivity contribution in [2.45, 2.75) is 18.9 Å². The lowest BCUT2D eigenvalue weighted by Gasteiger charge is -2.32. The zero-order valence-corrected chi connectivity index (χ0v) is 19.4. The summed E-state index contributed by atoms with van der Waals surface area (Å²) in [4.78, 5) is 27.2. The molecule has 2 aliphatic heterocycles. The molecule has 1 atom stereocenters. The van der Waals surface area contributed by atoms with Crippen LogP contribution in [0.1, 0.15) is 32.6 Å². The first-order valence-corrected chi connectivity index (χ1v) is 11.8. The SMILES string of the molecule is Cc1ccc(C2(c3ccc(C(=O)N4CC(=O)Nc5ccccc54)cc3)Cc3ccccc3N2)cc1. The van der Waals surface area contributed by atoms with Crippen LogP contribution in [0.5, 0.6) is 0 Å². The second kappa shape index (κ2) is 8.13. The summed E-state index contributed by atoms with van der Waals surface area (Å²) < 4.78 is 0. The van der Waals surface area contributed by atoms with Gasteiger partial charge in [0.1, 0.15) is 6.54 Å². The van der Waals surface area contributed by atoms with Gasteiger partial charge in [-0.3, -0.25) is 14.5 Å². The number of carbonyl (C=O) groups is 2. The van der Waals surface area contributed by atoms with Crippen LogP contribution in [-0.4, -0.2) is 18.4 Å². The average Bonchev–Trinajstić information content (AvgIpc) is 3.29. The molecule has 5 nitrogen and oxygen atoms in total. The molecule has 0 aliphatic carbocycles.